The molecule has 1 aromatic rings. The Labute approximate surface area is 116 Å². The molecule has 0 bridgehead atoms. The van der Waals surface area contributed by atoms with Crippen LogP contribution in [0.2, 0.25) is 0 Å². The summed E-state index contributed by atoms with van der Waals surface area (Å²) < 4.78 is 8.64. The lowest BCUT2D eigenvalue weighted by molar-refractivity contribution is 0.0872. The maximum Gasteiger partial charge on any atom is 0.0784 e. The predicted octanol–water partition coefficient (Wildman–Crippen LogP) is 1.39. The largest absolute Gasteiger partial charge is 0.376 e. The molecular formula is C12H21BrN4O. The van der Waals surface area contributed by atoms with Crippen LogP contribution in [0.5, 0.6) is 0 Å². The van der Waals surface area contributed by atoms with Crippen molar-refractivity contribution >= 4 is 15.9 Å². The van der Waals surface area contributed by atoms with Crippen molar-refractivity contribution in [3.63, 3.8) is 0 Å². The zero-order chi connectivity index (χ0) is 13.1. The van der Waals surface area contributed by atoms with Gasteiger partial charge in [0, 0.05) is 13.2 Å². The quantitative estimate of drug-likeness (QED) is 0.891. The number of rotatable bonds is 5. The van der Waals surface area contributed by atoms with E-state index >= 15 is 0 Å². The van der Waals surface area contributed by atoms with Crippen LogP contribution in [0, 0.1) is 0 Å². The Morgan fingerprint density at radius 3 is 3.06 bits per heavy atom. The van der Waals surface area contributed by atoms with Gasteiger partial charge in [0.1, 0.15) is 0 Å². The van der Waals surface area contributed by atoms with Gasteiger partial charge in [-0.25, -0.2) is 0 Å². The van der Waals surface area contributed by atoms with Gasteiger partial charge in [0.2, 0.25) is 0 Å². The topological polar surface area (TPSA) is 56.3 Å². The summed E-state index contributed by atoms with van der Waals surface area (Å²) >= 11 is 3.54. The third-order valence-corrected chi connectivity index (χ3v) is 3.88. The molecule has 2 rings (SSSR count). The van der Waals surface area contributed by atoms with E-state index in [1.807, 2.05) is 10.9 Å². The van der Waals surface area contributed by atoms with Gasteiger partial charge in [0.05, 0.1) is 35.1 Å². The molecule has 2 atom stereocenters. The summed E-state index contributed by atoms with van der Waals surface area (Å²) in [4.78, 5) is 2.14. The Kier molecular flexibility index (Phi) is 4.77. The minimum absolute atomic E-state index is 0.105. The third kappa shape index (κ3) is 3.12. The van der Waals surface area contributed by atoms with E-state index in [-0.39, 0.29) is 12.1 Å². The summed E-state index contributed by atoms with van der Waals surface area (Å²) in [5.74, 6) is 0. The molecule has 0 radical (unpaired) electrons. The van der Waals surface area contributed by atoms with Crippen LogP contribution < -0.4 is 5.73 Å². The number of aromatic nitrogens is 2. The molecule has 18 heavy (non-hydrogen) atoms. The van der Waals surface area contributed by atoms with Gasteiger partial charge in [-0.3, -0.25) is 4.68 Å². The van der Waals surface area contributed by atoms with Gasteiger partial charge in [0.15, 0.2) is 0 Å². The van der Waals surface area contributed by atoms with E-state index in [1.165, 1.54) is 0 Å². The molecule has 0 aliphatic carbocycles. The number of nitrogens with two attached hydrogens (primary N) is 1. The van der Waals surface area contributed by atoms with Crippen LogP contribution in [0.15, 0.2) is 10.7 Å². The lowest BCUT2D eigenvalue weighted by Crippen LogP contribution is -2.30. The van der Waals surface area contributed by atoms with Crippen molar-refractivity contribution in [3.8, 4) is 0 Å². The molecule has 0 spiro atoms. The summed E-state index contributed by atoms with van der Waals surface area (Å²) in [7, 11) is 4.11. The normalized spacial score (nSPS) is 21.7. The summed E-state index contributed by atoms with van der Waals surface area (Å²) in [5, 5.41) is 4.39. The number of hydrogen-bond donors (Lipinski definition) is 1. The van der Waals surface area contributed by atoms with Gasteiger partial charge in [-0.1, -0.05) is 0 Å². The lowest BCUT2D eigenvalue weighted by atomic mass is 10.1. The van der Waals surface area contributed by atoms with E-state index in [0.717, 1.165) is 42.7 Å². The summed E-state index contributed by atoms with van der Waals surface area (Å²) in [6.45, 7) is 2.61. The van der Waals surface area contributed by atoms with Gasteiger partial charge in [-0.05, 0) is 42.9 Å². The van der Waals surface area contributed by atoms with Gasteiger partial charge in [0.25, 0.3) is 0 Å². The molecule has 0 saturated carbocycles. The number of nitrogens with zero attached hydrogens (tertiary/aromatic N) is 3. The SMILES string of the molecule is CN(C)CCn1ncc(Br)c1C(N)C1CCCO1. The number of hydrogen-bond acceptors (Lipinski definition) is 4. The molecule has 2 unspecified atom stereocenters. The van der Waals surface area contributed by atoms with Gasteiger partial charge >= 0.3 is 0 Å². The molecule has 2 N–H and O–H groups in total. The molecule has 1 aliphatic rings. The van der Waals surface area contributed by atoms with Gasteiger partial charge < -0.3 is 15.4 Å². The first-order valence-electron chi connectivity index (χ1n) is 6.32. The molecule has 1 aromatic heterocycles. The Hall–Kier alpha value is -0.430. The first kappa shape index (κ1) is 14.0. The number of ether oxygens (including phenoxy) is 1. The highest BCUT2D eigenvalue weighted by atomic mass is 79.9. The molecule has 2 heterocycles. The fourth-order valence-electron chi connectivity index (χ4n) is 2.24. The van der Waals surface area contributed by atoms with Crippen LogP contribution in [0.4, 0.5) is 0 Å². The standard InChI is InChI=1S/C12H21BrN4O/c1-16(2)5-6-17-12(9(13)8-15-17)11(14)10-4-3-7-18-10/h8,10-11H,3-7,14H2,1-2H3. The van der Waals surface area contributed by atoms with E-state index in [4.69, 9.17) is 10.5 Å². The average Bonchev–Trinajstić information content (AvgIpc) is 2.94. The zero-order valence-electron chi connectivity index (χ0n) is 11.0. The first-order chi connectivity index (χ1) is 8.59. The van der Waals surface area contributed by atoms with Crippen molar-refractivity contribution in [1.82, 2.24) is 14.7 Å². The van der Waals surface area contributed by atoms with E-state index in [1.54, 1.807) is 0 Å². The van der Waals surface area contributed by atoms with Crippen molar-refractivity contribution in [2.45, 2.75) is 31.5 Å². The van der Waals surface area contributed by atoms with Crippen LogP contribution in [-0.2, 0) is 11.3 Å². The minimum atomic E-state index is -0.105. The van der Waals surface area contributed by atoms with Crippen LogP contribution in [0.3, 0.4) is 0 Å². The Morgan fingerprint density at radius 1 is 1.67 bits per heavy atom. The molecular weight excluding hydrogens is 296 g/mol. The van der Waals surface area contributed by atoms with E-state index < -0.39 is 0 Å². The second-order valence-electron chi connectivity index (χ2n) is 4.98. The monoisotopic (exact) mass is 316 g/mol. The number of halogens is 1. The van der Waals surface area contributed by atoms with Crippen molar-refractivity contribution in [2.24, 2.45) is 5.73 Å². The summed E-state index contributed by atoms with van der Waals surface area (Å²) in [6.07, 6.45) is 4.07. The van der Waals surface area contributed by atoms with E-state index in [0.29, 0.717) is 0 Å². The first-order valence-corrected chi connectivity index (χ1v) is 7.12. The van der Waals surface area contributed by atoms with Crippen molar-refractivity contribution in [3.05, 3.63) is 16.4 Å². The van der Waals surface area contributed by atoms with Crippen LogP contribution in [0.1, 0.15) is 24.6 Å². The van der Waals surface area contributed by atoms with E-state index in [9.17, 15) is 0 Å². The maximum atomic E-state index is 6.32. The van der Waals surface area contributed by atoms with Crippen molar-refractivity contribution in [2.75, 3.05) is 27.2 Å². The van der Waals surface area contributed by atoms with Crippen molar-refractivity contribution < 1.29 is 4.74 Å². The average molecular weight is 317 g/mol. The third-order valence-electron chi connectivity index (χ3n) is 3.27. The fourth-order valence-corrected chi connectivity index (χ4v) is 2.80. The van der Waals surface area contributed by atoms with Gasteiger partial charge in [-0.2, -0.15) is 5.10 Å². The molecule has 1 aliphatic heterocycles. The smallest absolute Gasteiger partial charge is 0.0784 e. The molecule has 5 nitrogen and oxygen atoms in total. The molecule has 0 aromatic carbocycles. The van der Waals surface area contributed by atoms with Crippen LogP contribution in [-0.4, -0.2) is 48.0 Å². The molecule has 6 heteroatoms. The van der Waals surface area contributed by atoms with Crippen LogP contribution >= 0.6 is 15.9 Å². The highest BCUT2D eigenvalue weighted by Gasteiger charge is 2.28. The second kappa shape index (κ2) is 6.14. The number of likely N-dealkylation sites (N-methyl/N-ethyl adjacent to an activating group) is 1. The maximum absolute atomic E-state index is 6.32. The molecule has 0 amide bonds. The molecule has 102 valence electrons. The zero-order valence-corrected chi connectivity index (χ0v) is 12.6. The minimum Gasteiger partial charge on any atom is -0.376 e. The summed E-state index contributed by atoms with van der Waals surface area (Å²) in [5.41, 5.74) is 7.37. The second-order valence-corrected chi connectivity index (χ2v) is 5.84. The lowest BCUT2D eigenvalue weighted by Gasteiger charge is -2.21. The van der Waals surface area contributed by atoms with Crippen LogP contribution in [0.25, 0.3) is 0 Å². The van der Waals surface area contributed by atoms with E-state index in [2.05, 4.69) is 40.0 Å². The summed E-state index contributed by atoms with van der Waals surface area (Å²) in [6, 6.07) is -0.105. The highest BCUT2D eigenvalue weighted by Crippen LogP contribution is 2.29. The van der Waals surface area contributed by atoms with Crippen molar-refractivity contribution in [1.29, 1.82) is 0 Å². The molecule has 1 saturated heterocycles. The Bertz CT molecular complexity index is 387. The van der Waals surface area contributed by atoms with Gasteiger partial charge in [-0.15, -0.1) is 0 Å². The highest BCUT2D eigenvalue weighted by molar-refractivity contribution is 9.10. The Morgan fingerprint density at radius 2 is 2.44 bits per heavy atom. The Balaban J connectivity index is 2.12. The predicted molar refractivity (Wildman–Crippen MR) is 74.4 cm³/mol. The fraction of sp³-hybridized carbons (Fsp3) is 0.750. The molecule has 1 fully saturated rings.